The smallest absolute Gasteiger partial charge is 0.261 e. The summed E-state index contributed by atoms with van der Waals surface area (Å²) >= 11 is 1.71. The highest BCUT2D eigenvalue weighted by Gasteiger charge is 2.38. The molecular formula is C42H40N4O7S. The van der Waals surface area contributed by atoms with Gasteiger partial charge < -0.3 is 18.9 Å². The molecule has 4 aliphatic heterocycles. The van der Waals surface area contributed by atoms with E-state index in [0.717, 1.165) is 46.0 Å². The highest BCUT2D eigenvalue weighted by molar-refractivity contribution is 7.98. The first kappa shape index (κ1) is 35.4. The molecule has 0 bridgehead atoms. The number of rotatable bonds is 13. The number of benzene rings is 4. The number of thioether (sulfide) groups is 1. The number of carbonyl (C=O) groups is 3. The van der Waals surface area contributed by atoms with Crippen molar-refractivity contribution < 1.29 is 33.3 Å². The molecule has 54 heavy (non-hydrogen) atoms. The Morgan fingerprint density at radius 1 is 0.741 bits per heavy atom. The fraction of sp³-hybridized carbons (Fsp3) is 0.310. The Labute approximate surface area is 318 Å². The van der Waals surface area contributed by atoms with Crippen molar-refractivity contribution >= 4 is 64.5 Å². The first-order valence-corrected chi connectivity index (χ1v) is 19.2. The van der Waals surface area contributed by atoms with Crippen molar-refractivity contribution in [1.29, 1.82) is 0 Å². The largest absolute Gasteiger partial charge is 0.493 e. The van der Waals surface area contributed by atoms with Crippen LogP contribution >= 0.6 is 11.8 Å². The molecule has 0 radical (unpaired) electrons. The lowest BCUT2D eigenvalue weighted by atomic mass is 10.1. The molecule has 4 aromatic carbocycles. The predicted octanol–water partition coefficient (Wildman–Crippen LogP) is 7.34. The summed E-state index contributed by atoms with van der Waals surface area (Å²) in [5, 5.41) is 0. The third-order valence-electron chi connectivity index (χ3n) is 10.1. The number of ketones is 1. The summed E-state index contributed by atoms with van der Waals surface area (Å²) in [5.74, 6) is 3.31. The van der Waals surface area contributed by atoms with Crippen molar-refractivity contribution in [3.8, 4) is 23.0 Å². The average molecular weight is 745 g/mol. The lowest BCUT2D eigenvalue weighted by Gasteiger charge is -2.22. The van der Waals surface area contributed by atoms with Gasteiger partial charge in [-0.3, -0.25) is 34.2 Å². The third-order valence-corrected chi connectivity index (χ3v) is 11.1. The molecule has 0 unspecified atom stereocenters. The molecule has 4 heterocycles. The van der Waals surface area contributed by atoms with Crippen LogP contribution in [0.4, 0.5) is 22.7 Å². The molecule has 276 valence electrons. The van der Waals surface area contributed by atoms with E-state index in [1.54, 1.807) is 62.1 Å². The van der Waals surface area contributed by atoms with E-state index in [2.05, 4.69) is 18.2 Å². The average Bonchev–Trinajstić information content (AvgIpc) is 3.66. The van der Waals surface area contributed by atoms with Crippen molar-refractivity contribution in [3.63, 3.8) is 0 Å². The van der Waals surface area contributed by atoms with Gasteiger partial charge in [-0.15, -0.1) is 0 Å². The van der Waals surface area contributed by atoms with E-state index < -0.39 is 0 Å². The maximum absolute atomic E-state index is 14.1. The Balaban J connectivity index is 0.919. The summed E-state index contributed by atoms with van der Waals surface area (Å²) in [7, 11) is 3.10. The second kappa shape index (κ2) is 15.0. The van der Waals surface area contributed by atoms with Crippen molar-refractivity contribution in [3.05, 3.63) is 94.5 Å². The number of nitrogens with zero attached hydrogens (tertiary/aromatic N) is 4. The van der Waals surface area contributed by atoms with E-state index >= 15 is 0 Å². The van der Waals surface area contributed by atoms with Crippen molar-refractivity contribution in [2.24, 2.45) is 9.98 Å². The molecule has 12 heteroatoms. The number of aliphatic imine (C=N–C) groups is 2. The number of anilines is 2. The van der Waals surface area contributed by atoms with Gasteiger partial charge in [0.25, 0.3) is 11.8 Å². The van der Waals surface area contributed by atoms with Gasteiger partial charge in [-0.2, -0.15) is 11.8 Å². The van der Waals surface area contributed by atoms with E-state index in [1.165, 1.54) is 0 Å². The molecule has 4 aromatic rings. The summed E-state index contributed by atoms with van der Waals surface area (Å²) in [5.41, 5.74) is 7.09. The topological polar surface area (TPSA) is 119 Å². The predicted molar refractivity (Wildman–Crippen MR) is 211 cm³/mol. The minimum atomic E-state index is -0.198. The normalized spacial score (nSPS) is 17.5. The number of fused-ring (bicyclic) bond motifs is 8. The molecular weight excluding hydrogens is 705 g/mol. The van der Waals surface area contributed by atoms with Crippen LogP contribution < -0.4 is 28.7 Å². The number of methoxy groups -OCH3 is 2. The van der Waals surface area contributed by atoms with Crippen molar-refractivity contribution in [2.75, 3.05) is 43.0 Å². The standard InChI is InChI=1S/C42H40N4O7S/c1-25(47)11-14-54-24-26-9-10-28-17-30-23-44-34-21-40(38(51-3)19-32(34)42(49)46(30)36(28)15-26)53-13-6-12-52-39-20-33-31(18-37(39)50-2)41(48)45-29(22-43-33)16-27-7-4-5-8-35(27)45/h4-5,7-10,15,18-23,29-30H,6,11-14,16-17,24H2,1-3H3/t29-,30-/m0/s1. The maximum atomic E-state index is 14.1. The Hall–Kier alpha value is -5.62. The molecule has 0 saturated carbocycles. The van der Waals surface area contributed by atoms with Crippen LogP contribution in [0.25, 0.3) is 0 Å². The lowest BCUT2D eigenvalue weighted by molar-refractivity contribution is -0.116. The summed E-state index contributed by atoms with van der Waals surface area (Å²) in [4.78, 5) is 52.2. The van der Waals surface area contributed by atoms with Crippen LogP contribution in [-0.4, -0.2) is 75.3 Å². The van der Waals surface area contributed by atoms with Gasteiger partial charge in [0.2, 0.25) is 0 Å². The summed E-state index contributed by atoms with van der Waals surface area (Å²) in [6, 6.07) is 20.8. The molecule has 4 aliphatic rings. The summed E-state index contributed by atoms with van der Waals surface area (Å²) in [6.45, 7) is 2.23. The number of amides is 2. The Kier molecular flexibility index (Phi) is 9.85. The van der Waals surface area contributed by atoms with E-state index in [-0.39, 0.29) is 29.7 Å². The van der Waals surface area contributed by atoms with E-state index in [9.17, 15) is 14.4 Å². The van der Waals surface area contributed by atoms with Crippen LogP contribution in [-0.2, 0) is 23.4 Å². The van der Waals surface area contributed by atoms with Gasteiger partial charge in [-0.05, 0) is 47.9 Å². The SMILES string of the molecule is COc1cc2c(cc1OCCCOc1cc3c(cc1OC)C(=O)N1c4cc(CSCCC(C)=O)ccc4C[C@H]1C=N3)N=C[C@@H]1Cc3ccccc3N1C2=O. The number of hydrogen-bond donors (Lipinski definition) is 0. The third kappa shape index (κ3) is 6.70. The minimum absolute atomic E-state index is 0.122. The number of para-hydroxylation sites is 1. The lowest BCUT2D eigenvalue weighted by Crippen LogP contribution is -2.37. The number of hydrogen-bond acceptors (Lipinski definition) is 10. The maximum Gasteiger partial charge on any atom is 0.261 e. The van der Waals surface area contributed by atoms with Gasteiger partial charge in [-0.1, -0.05) is 30.3 Å². The molecule has 0 saturated heterocycles. The van der Waals surface area contributed by atoms with Crippen molar-refractivity contribution in [1.82, 2.24) is 0 Å². The number of Topliss-reactive ketones (excluding diaryl/α,β-unsaturated/α-hetero) is 1. The van der Waals surface area contributed by atoms with Crippen LogP contribution in [0.1, 0.15) is 57.2 Å². The zero-order valence-corrected chi connectivity index (χ0v) is 31.2. The quantitative estimate of drug-likeness (QED) is 0.131. The summed E-state index contributed by atoms with van der Waals surface area (Å²) < 4.78 is 23.6. The molecule has 8 rings (SSSR count). The Bertz CT molecular complexity index is 2220. The van der Waals surface area contributed by atoms with Gasteiger partial charge in [0.1, 0.15) is 5.78 Å². The van der Waals surface area contributed by atoms with Crippen LogP contribution in [0.15, 0.2) is 76.7 Å². The van der Waals surface area contributed by atoms with E-state index in [4.69, 9.17) is 28.9 Å². The zero-order chi connectivity index (χ0) is 37.3. The fourth-order valence-corrected chi connectivity index (χ4v) is 8.38. The van der Waals surface area contributed by atoms with Crippen LogP contribution in [0, 0.1) is 0 Å². The van der Waals surface area contributed by atoms with Crippen LogP contribution in [0.5, 0.6) is 23.0 Å². The molecule has 0 N–H and O–H groups in total. The molecule has 2 atom stereocenters. The molecule has 0 fully saturated rings. The van der Waals surface area contributed by atoms with Gasteiger partial charge >= 0.3 is 0 Å². The molecule has 2 amide bonds. The Morgan fingerprint density at radius 2 is 1.31 bits per heavy atom. The van der Waals surface area contributed by atoms with Crippen LogP contribution in [0.3, 0.4) is 0 Å². The zero-order valence-electron chi connectivity index (χ0n) is 30.4. The highest BCUT2D eigenvalue weighted by Crippen LogP contribution is 2.43. The van der Waals surface area contributed by atoms with Crippen molar-refractivity contribution in [2.45, 2.75) is 50.4 Å². The monoisotopic (exact) mass is 744 g/mol. The molecule has 11 nitrogen and oxygen atoms in total. The molecule has 0 aromatic heterocycles. The first-order chi connectivity index (χ1) is 26.3. The fourth-order valence-electron chi connectivity index (χ4n) is 7.38. The van der Waals surface area contributed by atoms with Crippen LogP contribution in [0.2, 0.25) is 0 Å². The molecule has 0 spiro atoms. The second-order valence-corrected chi connectivity index (χ2v) is 14.7. The highest BCUT2D eigenvalue weighted by atomic mass is 32.2. The van der Waals surface area contributed by atoms with Gasteiger partial charge in [0, 0.05) is 73.1 Å². The number of ether oxygens (including phenoxy) is 4. The van der Waals surface area contributed by atoms with Gasteiger partial charge in [0.05, 0.1) is 62.0 Å². The molecule has 0 aliphatic carbocycles. The first-order valence-electron chi connectivity index (χ1n) is 18.0. The van der Waals surface area contributed by atoms with E-state index in [0.29, 0.717) is 78.0 Å². The number of carbonyl (C=O) groups excluding carboxylic acids is 3. The second-order valence-electron chi connectivity index (χ2n) is 13.6. The Morgan fingerprint density at radius 3 is 1.91 bits per heavy atom. The summed E-state index contributed by atoms with van der Waals surface area (Å²) in [6.07, 6.45) is 6.15. The van der Waals surface area contributed by atoms with E-state index in [1.807, 2.05) is 41.6 Å². The minimum Gasteiger partial charge on any atom is -0.493 e. The van der Waals surface area contributed by atoms with Gasteiger partial charge in [0.15, 0.2) is 23.0 Å². The van der Waals surface area contributed by atoms with Gasteiger partial charge in [-0.25, -0.2) is 0 Å².